The highest BCUT2D eigenvalue weighted by molar-refractivity contribution is 7.01. The zero-order valence-corrected chi connectivity index (χ0v) is 17.4. The molecule has 0 aromatic heterocycles. The largest absolute Gasteiger partial charge is 0.131 e. The van der Waals surface area contributed by atoms with Gasteiger partial charge in [-0.25, -0.2) is 0 Å². The third kappa shape index (κ3) is 2.65. The van der Waals surface area contributed by atoms with Gasteiger partial charge in [-0.3, -0.25) is 0 Å². The molecule has 2 aromatic rings. The van der Waals surface area contributed by atoms with Crippen LogP contribution < -0.4 is 10.4 Å². The van der Waals surface area contributed by atoms with Crippen molar-refractivity contribution in [1.29, 1.82) is 0 Å². The minimum absolute atomic E-state index is 1.22. The lowest BCUT2D eigenvalue weighted by molar-refractivity contribution is 1.01. The van der Waals surface area contributed by atoms with Gasteiger partial charge in [-0.1, -0.05) is 116 Å². The van der Waals surface area contributed by atoms with Crippen LogP contribution in [0, 0.1) is 0 Å². The van der Waals surface area contributed by atoms with E-state index in [1.807, 2.05) is 0 Å². The standard InChI is InChI=1S/C24H24Si2/c1-3-11-19(12-4-1)25-21-15-7-9-17-23(21)26(20-13-5-2-6-14-20)24-18-10-8-16-22(24)25/h1-6,11-18,25-26H,7-10H2. The molecule has 0 atom stereocenters. The highest BCUT2D eigenvalue weighted by Gasteiger charge is 2.41. The normalized spacial score (nSPS) is 24.5. The predicted octanol–water partition coefficient (Wildman–Crippen LogP) is 3.72. The van der Waals surface area contributed by atoms with Crippen LogP contribution in [-0.4, -0.2) is 17.6 Å². The van der Waals surface area contributed by atoms with Gasteiger partial charge in [0.1, 0.15) is 17.6 Å². The summed E-state index contributed by atoms with van der Waals surface area (Å²) in [5, 5.41) is 10.2. The molecular formula is C24H24Si2. The van der Waals surface area contributed by atoms with Crippen molar-refractivity contribution in [1.82, 2.24) is 0 Å². The molecule has 0 radical (unpaired) electrons. The van der Waals surface area contributed by atoms with E-state index in [0.717, 1.165) is 0 Å². The molecule has 0 nitrogen and oxygen atoms in total. The molecule has 0 amide bonds. The minimum Gasteiger partial charge on any atom is -0.0846 e. The molecule has 2 aromatic carbocycles. The molecule has 0 bridgehead atoms. The Bertz CT molecular complexity index is 813. The van der Waals surface area contributed by atoms with Crippen LogP contribution in [0.25, 0.3) is 0 Å². The fraction of sp³-hybridized carbons (Fsp3) is 0.167. The first kappa shape index (κ1) is 16.0. The van der Waals surface area contributed by atoms with Crippen molar-refractivity contribution in [2.45, 2.75) is 25.7 Å². The Kier molecular flexibility index (Phi) is 4.23. The van der Waals surface area contributed by atoms with Crippen LogP contribution in [0.5, 0.6) is 0 Å². The second-order valence-electron chi connectivity index (χ2n) is 7.48. The smallest absolute Gasteiger partial charge is 0.0846 e. The second kappa shape index (κ2) is 6.86. The molecule has 0 N–H and O–H groups in total. The number of allylic oxidation sites excluding steroid dienone is 8. The van der Waals surface area contributed by atoms with Gasteiger partial charge >= 0.3 is 0 Å². The minimum atomic E-state index is -1.30. The average Bonchev–Trinajstić information content (AvgIpc) is 2.73. The Morgan fingerprint density at radius 3 is 1.04 bits per heavy atom. The summed E-state index contributed by atoms with van der Waals surface area (Å²) in [5.74, 6) is 0. The highest BCUT2D eigenvalue weighted by Crippen LogP contribution is 2.39. The van der Waals surface area contributed by atoms with E-state index in [1.165, 1.54) is 25.7 Å². The van der Waals surface area contributed by atoms with Gasteiger partial charge in [0.2, 0.25) is 0 Å². The Morgan fingerprint density at radius 2 is 0.731 bits per heavy atom. The lowest BCUT2D eigenvalue weighted by Gasteiger charge is -2.40. The topological polar surface area (TPSA) is 0 Å². The van der Waals surface area contributed by atoms with Crippen molar-refractivity contribution in [3.05, 3.63) is 106 Å². The number of rotatable bonds is 2. The SMILES string of the molecule is C1=C2C(=CCC1)[SiH](c1ccccc1)C1=CCCC=C1[SiH]2c1ccccc1. The summed E-state index contributed by atoms with van der Waals surface area (Å²) >= 11 is 0. The molecule has 26 heavy (non-hydrogen) atoms. The van der Waals surface area contributed by atoms with Gasteiger partial charge in [-0.05, 0) is 25.7 Å². The summed E-state index contributed by atoms with van der Waals surface area (Å²) in [6, 6.07) is 22.7. The molecule has 1 heterocycles. The monoisotopic (exact) mass is 368 g/mol. The van der Waals surface area contributed by atoms with Gasteiger partial charge in [-0.15, -0.1) is 0 Å². The second-order valence-corrected chi connectivity index (χ2v) is 13.0. The van der Waals surface area contributed by atoms with E-state index in [4.69, 9.17) is 0 Å². The van der Waals surface area contributed by atoms with Gasteiger partial charge < -0.3 is 0 Å². The lowest BCUT2D eigenvalue weighted by Crippen LogP contribution is -2.51. The number of benzene rings is 2. The molecule has 1 aliphatic heterocycles. The first-order chi connectivity index (χ1) is 12.9. The van der Waals surface area contributed by atoms with E-state index in [0.29, 0.717) is 0 Å². The zero-order valence-electron chi connectivity index (χ0n) is 15.1. The van der Waals surface area contributed by atoms with Crippen LogP contribution >= 0.6 is 0 Å². The van der Waals surface area contributed by atoms with Crippen molar-refractivity contribution < 1.29 is 0 Å². The van der Waals surface area contributed by atoms with Crippen molar-refractivity contribution in [3.8, 4) is 0 Å². The first-order valence-corrected chi connectivity index (χ1v) is 13.3. The third-order valence-corrected chi connectivity index (χ3v) is 13.5. The third-order valence-electron chi connectivity index (χ3n) is 5.97. The van der Waals surface area contributed by atoms with Crippen molar-refractivity contribution in [3.63, 3.8) is 0 Å². The highest BCUT2D eigenvalue weighted by atomic mass is 28.3. The molecule has 2 heteroatoms. The Balaban J connectivity index is 1.71. The molecule has 1 saturated heterocycles. The summed E-state index contributed by atoms with van der Waals surface area (Å²) in [6.07, 6.45) is 15.3. The maximum absolute atomic E-state index is 2.61. The van der Waals surface area contributed by atoms with E-state index in [1.54, 1.807) is 31.2 Å². The molecule has 0 saturated carbocycles. The van der Waals surface area contributed by atoms with Gasteiger partial charge in [0, 0.05) is 0 Å². The van der Waals surface area contributed by atoms with Crippen LogP contribution in [-0.2, 0) is 0 Å². The van der Waals surface area contributed by atoms with E-state index in [-0.39, 0.29) is 0 Å². The fourth-order valence-corrected chi connectivity index (χ4v) is 13.6. The van der Waals surface area contributed by atoms with Crippen molar-refractivity contribution in [2.75, 3.05) is 0 Å². The molecule has 128 valence electrons. The van der Waals surface area contributed by atoms with E-state index >= 15 is 0 Å². The van der Waals surface area contributed by atoms with Crippen molar-refractivity contribution >= 4 is 28.0 Å². The number of fused-ring (bicyclic) bond motifs is 2. The first-order valence-electron chi connectivity index (χ1n) is 9.84. The molecule has 5 rings (SSSR count). The van der Waals surface area contributed by atoms with Crippen LogP contribution in [0.1, 0.15) is 25.7 Å². The molecule has 0 unspecified atom stereocenters. The number of hydrogen-bond donors (Lipinski definition) is 0. The quantitative estimate of drug-likeness (QED) is 0.709. The van der Waals surface area contributed by atoms with E-state index < -0.39 is 17.6 Å². The van der Waals surface area contributed by atoms with Gasteiger partial charge in [0.25, 0.3) is 0 Å². The van der Waals surface area contributed by atoms with Gasteiger partial charge in [0.15, 0.2) is 0 Å². The lowest BCUT2D eigenvalue weighted by atomic mass is 10.2. The predicted molar refractivity (Wildman–Crippen MR) is 117 cm³/mol. The van der Waals surface area contributed by atoms with Crippen LogP contribution in [0.4, 0.5) is 0 Å². The molecule has 2 aliphatic carbocycles. The number of hydrogen-bond acceptors (Lipinski definition) is 0. The van der Waals surface area contributed by atoms with Crippen LogP contribution in [0.3, 0.4) is 0 Å². The van der Waals surface area contributed by atoms with Crippen molar-refractivity contribution in [2.24, 2.45) is 0 Å². The fourth-order valence-electron chi connectivity index (χ4n) is 4.91. The Labute approximate surface area is 159 Å². The summed E-state index contributed by atoms with van der Waals surface area (Å²) in [7, 11) is -2.61. The summed E-state index contributed by atoms with van der Waals surface area (Å²) in [5.41, 5.74) is 0. The molecular weight excluding hydrogens is 344 g/mol. The Morgan fingerprint density at radius 1 is 0.423 bits per heavy atom. The van der Waals surface area contributed by atoms with E-state index in [9.17, 15) is 0 Å². The van der Waals surface area contributed by atoms with Crippen LogP contribution in [0.2, 0.25) is 0 Å². The maximum Gasteiger partial charge on any atom is 0.131 e. The molecule has 0 spiro atoms. The summed E-state index contributed by atoms with van der Waals surface area (Å²) in [6.45, 7) is 0. The summed E-state index contributed by atoms with van der Waals surface area (Å²) < 4.78 is 0. The summed E-state index contributed by atoms with van der Waals surface area (Å²) in [4.78, 5) is 0. The van der Waals surface area contributed by atoms with E-state index in [2.05, 4.69) is 85.0 Å². The molecule has 3 aliphatic rings. The zero-order chi connectivity index (χ0) is 17.3. The van der Waals surface area contributed by atoms with Gasteiger partial charge in [-0.2, -0.15) is 0 Å². The Hall–Kier alpha value is -2.17. The van der Waals surface area contributed by atoms with Gasteiger partial charge in [0.05, 0.1) is 0 Å². The maximum atomic E-state index is 2.61. The average molecular weight is 369 g/mol. The molecule has 1 fully saturated rings. The van der Waals surface area contributed by atoms with Crippen LogP contribution in [0.15, 0.2) is 106 Å².